The van der Waals surface area contributed by atoms with Gasteiger partial charge in [0.2, 0.25) is 0 Å². The quantitative estimate of drug-likeness (QED) is 0.469. The number of anilines is 2. The van der Waals surface area contributed by atoms with Crippen LogP contribution in [0.5, 0.6) is 0 Å². The zero-order valence-electron chi connectivity index (χ0n) is 12.2. The molecule has 0 aliphatic heterocycles. The average Bonchev–Trinajstić information content (AvgIpc) is 3.11. The molecule has 0 amide bonds. The number of hydrogen-bond acceptors (Lipinski definition) is 3. The number of rotatable bonds is 2. The molecule has 110 valence electrons. The van der Waals surface area contributed by atoms with Crippen molar-refractivity contribution in [2.24, 2.45) is 0 Å². The average molecular weight is 315 g/mol. The fourth-order valence-corrected chi connectivity index (χ4v) is 3.99. The lowest BCUT2D eigenvalue weighted by molar-refractivity contribution is 1.34. The monoisotopic (exact) mass is 315 g/mol. The summed E-state index contributed by atoms with van der Waals surface area (Å²) in [5.74, 6) is 0. The lowest BCUT2D eigenvalue weighted by Crippen LogP contribution is -1.90. The van der Waals surface area contributed by atoms with E-state index in [1.54, 1.807) is 11.3 Å². The number of aromatic nitrogens is 2. The Morgan fingerprint density at radius 2 is 1.61 bits per heavy atom. The van der Waals surface area contributed by atoms with E-state index >= 15 is 0 Å². The van der Waals surface area contributed by atoms with Crippen molar-refractivity contribution < 1.29 is 0 Å². The van der Waals surface area contributed by atoms with Crippen molar-refractivity contribution in [3.05, 3.63) is 72.8 Å². The molecule has 23 heavy (non-hydrogen) atoms. The van der Waals surface area contributed by atoms with Crippen LogP contribution in [0, 0.1) is 0 Å². The fraction of sp³-hybridized carbons (Fsp3) is 0. The van der Waals surface area contributed by atoms with Gasteiger partial charge in [0.15, 0.2) is 4.96 Å². The van der Waals surface area contributed by atoms with Crippen LogP contribution in [0.15, 0.2) is 72.8 Å². The third-order valence-corrected chi connectivity index (χ3v) is 5.02. The molecule has 3 aromatic carbocycles. The molecule has 1 N–H and O–H groups in total. The normalized spacial score (nSPS) is 11.5. The van der Waals surface area contributed by atoms with Crippen molar-refractivity contribution in [1.82, 2.24) is 9.38 Å². The van der Waals surface area contributed by atoms with Gasteiger partial charge in [0.1, 0.15) is 0 Å². The second kappa shape index (κ2) is 4.83. The standard InChI is InChI=1S/C19H13N3S/c1-2-6-13(7-3-1)20-14-10-11-15-17(12-14)22-16-8-4-5-9-18(16)23-19(22)21-15/h1-12,20H. The van der Waals surface area contributed by atoms with Crippen molar-refractivity contribution in [3.63, 3.8) is 0 Å². The highest BCUT2D eigenvalue weighted by Crippen LogP contribution is 2.31. The summed E-state index contributed by atoms with van der Waals surface area (Å²) in [6, 6.07) is 25.0. The van der Waals surface area contributed by atoms with Crippen LogP contribution in [0.1, 0.15) is 0 Å². The van der Waals surface area contributed by atoms with E-state index in [-0.39, 0.29) is 0 Å². The van der Waals surface area contributed by atoms with E-state index in [1.165, 1.54) is 10.2 Å². The summed E-state index contributed by atoms with van der Waals surface area (Å²) in [5, 5.41) is 3.45. The Labute approximate surface area is 136 Å². The number of nitrogens with one attached hydrogen (secondary N) is 1. The van der Waals surface area contributed by atoms with Gasteiger partial charge < -0.3 is 5.32 Å². The highest BCUT2D eigenvalue weighted by Gasteiger charge is 2.11. The first kappa shape index (κ1) is 12.7. The third kappa shape index (κ3) is 1.99. The molecule has 0 bridgehead atoms. The first-order valence-electron chi connectivity index (χ1n) is 7.50. The van der Waals surface area contributed by atoms with Gasteiger partial charge in [-0.2, -0.15) is 0 Å². The van der Waals surface area contributed by atoms with Gasteiger partial charge >= 0.3 is 0 Å². The Morgan fingerprint density at radius 3 is 2.52 bits per heavy atom. The first-order chi connectivity index (χ1) is 11.4. The summed E-state index contributed by atoms with van der Waals surface area (Å²) in [6.45, 7) is 0. The number of para-hydroxylation sites is 2. The van der Waals surface area contributed by atoms with Gasteiger partial charge in [-0.05, 0) is 42.5 Å². The maximum Gasteiger partial charge on any atom is 0.195 e. The number of benzene rings is 3. The van der Waals surface area contributed by atoms with Crippen LogP contribution in [-0.2, 0) is 0 Å². The van der Waals surface area contributed by atoms with Crippen LogP contribution < -0.4 is 5.32 Å². The van der Waals surface area contributed by atoms with E-state index in [2.05, 4.69) is 64.3 Å². The van der Waals surface area contributed by atoms with Crippen LogP contribution in [0.2, 0.25) is 0 Å². The van der Waals surface area contributed by atoms with E-state index in [1.807, 2.05) is 18.2 Å². The molecule has 2 heterocycles. The summed E-state index contributed by atoms with van der Waals surface area (Å²) >= 11 is 1.73. The summed E-state index contributed by atoms with van der Waals surface area (Å²) in [5.41, 5.74) is 5.54. The predicted octanol–water partition coefficient (Wildman–Crippen LogP) is 5.45. The highest BCUT2D eigenvalue weighted by atomic mass is 32.1. The number of imidazole rings is 1. The van der Waals surface area contributed by atoms with E-state index in [0.717, 1.165) is 27.4 Å². The Kier molecular flexibility index (Phi) is 2.66. The predicted molar refractivity (Wildman–Crippen MR) is 97.8 cm³/mol. The SMILES string of the molecule is c1ccc(Nc2ccc3nc4sc5ccccc5n4c3c2)cc1. The zero-order chi connectivity index (χ0) is 15.2. The molecule has 4 heteroatoms. The van der Waals surface area contributed by atoms with Gasteiger partial charge in [-0.1, -0.05) is 41.7 Å². The summed E-state index contributed by atoms with van der Waals surface area (Å²) in [4.78, 5) is 5.79. The lowest BCUT2D eigenvalue weighted by Gasteiger charge is -2.06. The molecule has 0 radical (unpaired) electrons. The Balaban J connectivity index is 1.72. The van der Waals surface area contributed by atoms with Gasteiger partial charge in [-0.3, -0.25) is 4.40 Å². The molecule has 0 aliphatic rings. The van der Waals surface area contributed by atoms with Crippen LogP contribution in [0.4, 0.5) is 11.4 Å². The third-order valence-electron chi connectivity index (χ3n) is 3.99. The molecule has 0 saturated heterocycles. The molecule has 0 saturated carbocycles. The minimum absolute atomic E-state index is 1.03. The van der Waals surface area contributed by atoms with Crippen LogP contribution in [-0.4, -0.2) is 9.38 Å². The van der Waals surface area contributed by atoms with E-state index in [0.29, 0.717) is 0 Å². The zero-order valence-corrected chi connectivity index (χ0v) is 13.0. The Bertz CT molecular complexity index is 1140. The van der Waals surface area contributed by atoms with Gasteiger partial charge in [0.05, 0.1) is 21.3 Å². The lowest BCUT2D eigenvalue weighted by atomic mass is 10.2. The number of hydrogen-bond donors (Lipinski definition) is 1. The minimum Gasteiger partial charge on any atom is -0.355 e. The van der Waals surface area contributed by atoms with E-state index in [9.17, 15) is 0 Å². The molecule has 0 spiro atoms. The molecule has 0 unspecified atom stereocenters. The number of fused-ring (bicyclic) bond motifs is 5. The summed E-state index contributed by atoms with van der Waals surface area (Å²) < 4.78 is 3.50. The molecule has 5 aromatic rings. The number of thiazole rings is 1. The van der Waals surface area contributed by atoms with E-state index < -0.39 is 0 Å². The van der Waals surface area contributed by atoms with Crippen molar-refractivity contribution in [2.75, 3.05) is 5.32 Å². The Morgan fingerprint density at radius 1 is 0.783 bits per heavy atom. The second-order valence-corrected chi connectivity index (χ2v) is 6.50. The van der Waals surface area contributed by atoms with E-state index in [4.69, 9.17) is 4.98 Å². The summed E-state index contributed by atoms with van der Waals surface area (Å²) in [7, 11) is 0. The summed E-state index contributed by atoms with van der Waals surface area (Å²) in [6.07, 6.45) is 0. The Hall–Kier alpha value is -2.85. The molecule has 0 aliphatic carbocycles. The van der Waals surface area contributed by atoms with Crippen molar-refractivity contribution in [3.8, 4) is 0 Å². The van der Waals surface area contributed by atoms with Crippen LogP contribution in [0.3, 0.4) is 0 Å². The van der Waals surface area contributed by atoms with Crippen molar-refractivity contribution in [1.29, 1.82) is 0 Å². The molecule has 2 aromatic heterocycles. The van der Waals surface area contributed by atoms with Crippen molar-refractivity contribution in [2.45, 2.75) is 0 Å². The van der Waals surface area contributed by atoms with Crippen molar-refractivity contribution >= 4 is 48.9 Å². The molecule has 3 nitrogen and oxygen atoms in total. The van der Waals surface area contributed by atoms with Gasteiger partial charge in [-0.25, -0.2) is 4.98 Å². The first-order valence-corrected chi connectivity index (χ1v) is 8.32. The maximum absolute atomic E-state index is 4.75. The van der Waals surface area contributed by atoms with Crippen LogP contribution in [0.25, 0.3) is 26.2 Å². The van der Waals surface area contributed by atoms with Gasteiger partial charge in [-0.15, -0.1) is 0 Å². The molecular formula is C19H13N3S. The van der Waals surface area contributed by atoms with Gasteiger partial charge in [0.25, 0.3) is 0 Å². The smallest absolute Gasteiger partial charge is 0.195 e. The highest BCUT2D eigenvalue weighted by molar-refractivity contribution is 7.23. The molecule has 0 fully saturated rings. The largest absolute Gasteiger partial charge is 0.355 e. The minimum atomic E-state index is 1.03. The second-order valence-electron chi connectivity index (χ2n) is 5.49. The number of nitrogens with zero attached hydrogens (tertiary/aromatic N) is 2. The maximum atomic E-state index is 4.75. The molecular weight excluding hydrogens is 302 g/mol. The molecule has 5 rings (SSSR count). The fourth-order valence-electron chi connectivity index (χ4n) is 2.95. The topological polar surface area (TPSA) is 29.3 Å². The van der Waals surface area contributed by atoms with Gasteiger partial charge in [0, 0.05) is 11.4 Å². The van der Waals surface area contributed by atoms with Crippen LogP contribution >= 0.6 is 11.3 Å². The molecule has 0 atom stereocenters.